The summed E-state index contributed by atoms with van der Waals surface area (Å²) in [5.74, 6) is -0.0445. The zero-order valence-corrected chi connectivity index (χ0v) is 11.3. The summed E-state index contributed by atoms with van der Waals surface area (Å²) in [6.45, 7) is 7.32. The summed E-state index contributed by atoms with van der Waals surface area (Å²) in [5, 5.41) is 17.4. The van der Waals surface area contributed by atoms with Gasteiger partial charge in [-0.1, -0.05) is 11.8 Å². The number of nitrogen functional groups attached to an aromatic ring is 1. The van der Waals surface area contributed by atoms with Gasteiger partial charge in [-0.3, -0.25) is 9.36 Å². The number of carboxylic acids is 1. The zero-order chi connectivity index (χ0) is 13.2. The minimum absolute atomic E-state index is 0.153. The predicted octanol–water partition coefficient (Wildman–Crippen LogP) is 1.64. The van der Waals surface area contributed by atoms with Gasteiger partial charge in [-0.2, -0.15) is 0 Å². The Balaban J connectivity index is 2.80. The van der Waals surface area contributed by atoms with Crippen LogP contribution in [0.5, 0.6) is 0 Å². The van der Waals surface area contributed by atoms with Crippen molar-refractivity contribution in [2.45, 2.75) is 38.9 Å². The second kappa shape index (κ2) is 4.95. The fourth-order valence-corrected chi connectivity index (χ4v) is 2.33. The maximum absolute atomic E-state index is 11.0. The average Bonchev–Trinajstić information content (AvgIpc) is 2.56. The van der Waals surface area contributed by atoms with Crippen molar-refractivity contribution in [1.29, 1.82) is 0 Å². The number of carbonyl (C=O) groups is 1. The SMILES string of the molecule is CC(C)n1c(N)nnc1SCC(C)(C)C(=O)O. The predicted molar refractivity (Wildman–Crippen MR) is 67.0 cm³/mol. The van der Waals surface area contributed by atoms with E-state index in [2.05, 4.69) is 10.2 Å². The summed E-state index contributed by atoms with van der Waals surface area (Å²) < 4.78 is 1.79. The second-order valence-corrected chi connectivity index (χ2v) is 5.72. The Bertz CT molecular complexity index is 414. The summed E-state index contributed by atoms with van der Waals surface area (Å²) in [4.78, 5) is 11.0. The van der Waals surface area contributed by atoms with Crippen LogP contribution < -0.4 is 5.73 Å². The van der Waals surface area contributed by atoms with E-state index >= 15 is 0 Å². The molecule has 0 amide bonds. The quantitative estimate of drug-likeness (QED) is 0.780. The molecule has 0 aliphatic rings. The maximum atomic E-state index is 11.0. The van der Waals surface area contributed by atoms with E-state index in [9.17, 15) is 4.79 Å². The Morgan fingerprint density at radius 3 is 2.59 bits per heavy atom. The van der Waals surface area contributed by atoms with E-state index in [0.29, 0.717) is 16.9 Å². The number of nitrogens with zero attached hydrogens (tertiary/aromatic N) is 3. The molecule has 0 bridgehead atoms. The van der Waals surface area contributed by atoms with Gasteiger partial charge >= 0.3 is 5.97 Å². The lowest BCUT2D eigenvalue weighted by molar-refractivity contribution is -0.145. The summed E-state index contributed by atoms with van der Waals surface area (Å²) in [6, 6.07) is 0.153. The third-order valence-corrected chi connectivity index (χ3v) is 3.75. The number of carboxylic acid groups (broad SMARTS) is 1. The lowest BCUT2D eigenvalue weighted by Gasteiger charge is -2.18. The molecule has 1 aromatic heterocycles. The molecule has 7 heteroatoms. The van der Waals surface area contributed by atoms with Crippen LogP contribution in [0.2, 0.25) is 0 Å². The van der Waals surface area contributed by atoms with Crippen LogP contribution in [0.25, 0.3) is 0 Å². The average molecular weight is 258 g/mol. The monoisotopic (exact) mass is 258 g/mol. The number of nitrogens with two attached hydrogens (primary N) is 1. The molecule has 0 aromatic carbocycles. The Hall–Kier alpha value is -1.24. The first-order valence-corrected chi connectivity index (χ1v) is 6.31. The Kier molecular flexibility index (Phi) is 4.03. The van der Waals surface area contributed by atoms with E-state index in [4.69, 9.17) is 10.8 Å². The van der Waals surface area contributed by atoms with Crippen LogP contribution >= 0.6 is 11.8 Å². The summed E-state index contributed by atoms with van der Waals surface area (Å²) in [7, 11) is 0. The number of hydrogen-bond acceptors (Lipinski definition) is 5. The first-order chi connectivity index (χ1) is 7.75. The lowest BCUT2D eigenvalue weighted by Crippen LogP contribution is -2.26. The van der Waals surface area contributed by atoms with Gasteiger partial charge in [-0.25, -0.2) is 0 Å². The van der Waals surface area contributed by atoms with Gasteiger partial charge in [0.05, 0.1) is 5.41 Å². The van der Waals surface area contributed by atoms with Crippen molar-refractivity contribution in [3.05, 3.63) is 0 Å². The molecular formula is C10H18N4O2S. The van der Waals surface area contributed by atoms with E-state index in [0.717, 1.165) is 0 Å². The van der Waals surface area contributed by atoms with E-state index in [1.165, 1.54) is 11.8 Å². The summed E-state index contributed by atoms with van der Waals surface area (Å²) in [6.07, 6.45) is 0. The molecule has 1 heterocycles. The zero-order valence-electron chi connectivity index (χ0n) is 10.5. The molecule has 1 aromatic rings. The molecule has 0 aliphatic heterocycles. The summed E-state index contributed by atoms with van der Waals surface area (Å²) >= 11 is 1.36. The second-order valence-electron chi connectivity index (χ2n) is 4.78. The fraction of sp³-hybridized carbons (Fsp3) is 0.700. The van der Waals surface area contributed by atoms with Crippen LogP contribution in [0.1, 0.15) is 33.7 Å². The molecule has 0 saturated heterocycles. The largest absolute Gasteiger partial charge is 0.481 e. The van der Waals surface area contributed by atoms with Crippen molar-refractivity contribution in [3.8, 4) is 0 Å². The molecule has 3 N–H and O–H groups in total. The molecule has 0 unspecified atom stereocenters. The smallest absolute Gasteiger partial charge is 0.309 e. The van der Waals surface area contributed by atoms with Gasteiger partial charge < -0.3 is 10.8 Å². The van der Waals surface area contributed by atoms with Crippen molar-refractivity contribution in [2.24, 2.45) is 5.41 Å². The maximum Gasteiger partial charge on any atom is 0.309 e. The number of aromatic nitrogens is 3. The molecule has 0 saturated carbocycles. The van der Waals surface area contributed by atoms with Crippen molar-refractivity contribution >= 4 is 23.7 Å². The molecule has 0 radical (unpaired) electrons. The number of thioether (sulfide) groups is 1. The third kappa shape index (κ3) is 3.12. The van der Waals surface area contributed by atoms with Gasteiger partial charge in [-0.15, -0.1) is 10.2 Å². The standard InChI is InChI=1S/C10H18N4O2S/c1-6(2)14-8(11)12-13-9(14)17-5-10(3,4)7(15)16/h6H,5H2,1-4H3,(H2,11,12)(H,15,16). The van der Waals surface area contributed by atoms with E-state index < -0.39 is 11.4 Å². The van der Waals surface area contributed by atoms with Crippen molar-refractivity contribution < 1.29 is 9.90 Å². The molecule has 17 heavy (non-hydrogen) atoms. The number of anilines is 1. The first kappa shape index (κ1) is 13.8. The highest BCUT2D eigenvalue weighted by atomic mass is 32.2. The number of aliphatic carboxylic acids is 1. The Morgan fingerprint density at radius 1 is 1.53 bits per heavy atom. The van der Waals surface area contributed by atoms with Gasteiger partial charge in [0.1, 0.15) is 0 Å². The van der Waals surface area contributed by atoms with Crippen molar-refractivity contribution in [1.82, 2.24) is 14.8 Å². The molecule has 6 nitrogen and oxygen atoms in total. The van der Waals surface area contributed by atoms with Gasteiger partial charge in [0.2, 0.25) is 5.95 Å². The molecule has 1 rings (SSSR count). The van der Waals surface area contributed by atoms with Crippen LogP contribution in [-0.4, -0.2) is 31.6 Å². The van der Waals surface area contributed by atoms with Crippen LogP contribution in [0.4, 0.5) is 5.95 Å². The normalized spacial score (nSPS) is 12.1. The highest BCUT2D eigenvalue weighted by Gasteiger charge is 2.28. The van der Waals surface area contributed by atoms with Gasteiger partial charge in [0.25, 0.3) is 0 Å². The van der Waals surface area contributed by atoms with Crippen molar-refractivity contribution in [3.63, 3.8) is 0 Å². The van der Waals surface area contributed by atoms with Gasteiger partial charge in [0, 0.05) is 11.8 Å². The summed E-state index contributed by atoms with van der Waals surface area (Å²) in [5.41, 5.74) is 4.90. The minimum atomic E-state index is -0.825. The van der Waals surface area contributed by atoms with E-state index in [1.807, 2.05) is 13.8 Å². The first-order valence-electron chi connectivity index (χ1n) is 5.32. The third-order valence-electron chi connectivity index (χ3n) is 2.35. The molecule has 0 aliphatic carbocycles. The molecule has 96 valence electrons. The fourth-order valence-electron chi connectivity index (χ4n) is 1.18. The molecule has 0 atom stereocenters. The van der Waals surface area contributed by atoms with Gasteiger partial charge in [-0.05, 0) is 27.7 Å². The van der Waals surface area contributed by atoms with Crippen molar-refractivity contribution in [2.75, 3.05) is 11.5 Å². The highest BCUT2D eigenvalue weighted by Crippen LogP contribution is 2.29. The molecule has 0 spiro atoms. The Labute approximate surface area is 105 Å². The van der Waals surface area contributed by atoms with Crippen LogP contribution in [0, 0.1) is 5.41 Å². The lowest BCUT2D eigenvalue weighted by atomic mass is 9.97. The topological polar surface area (TPSA) is 94.0 Å². The molecule has 0 fully saturated rings. The van der Waals surface area contributed by atoms with E-state index in [-0.39, 0.29) is 6.04 Å². The van der Waals surface area contributed by atoms with Crippen LogP contribution in [0.3, 0.4) is 0 Å². The Morgan fingerprint density at radius 2 is 2.12 bits per heavy atom. The number of hydrogen-bond donors (Lipinski definition) is 2. The van der Waals surface area contributed by atoms with Crippen LogP contribution in [-0.2, 0) is 4.79 Å². The number of rotatable bonds is 5. The highest BCUT2D eigenvalue weighted by molar-refractivity contribution is 7.99. The van der Waals surface area contributed by atoms with E-state index in [1.54, 1.807) is 18.4 Å². The molecular weight excluding hydrogens is 240 g/mol. The van der Waals surface area contributed by atoms with Gasteiger partial charge in [0.15, 0.2) is 5.16 Å². The van der Waals surface area contributed by atoms with Crippen LogP contribution in [0.15, 0.2) is 5.16 Å². The minimum Gasteiger partial charge on any atom is -0.481 e.